The lowest BCUT2D eigenvalue weighted by atomic mass is 9.86. The molecule has 0 saturated carbocycles. The summed E-state index contributed by atoms with van der Waals surface area (Å²) in [6, 6.07) is 7.72. The molecule has 1 saturated heterocycles. The van der Waals surface area contributed by atoms with E-state index < -0.39 is 65.0 Å². The molecule has 2 aromatic carbocycles. The number of halogens is 4. The average Bonchev–Trinajstić information content (AvgIpc) is 2.86. The summed E-state index contributed by atoms with van der Waals surface area (Å²) in [4.78, 5) is 0. The molecule has 4 N–H and O–H groups in total. The number of hydrogen-bond acceptors (Lipinski definition) is 7. The topological polar surface area (TPSA) is 103 Å². The van der Waals surface area contributed by atoms with Gasteiger partial charge in [0, 0.05) is 47.9 Å². The number of benzene rings is 2. The SMILES string of the molecule is COC[C@@H](Oc1cc(C[C@@H]2CS(=O)C[C@H](NCc3cc(OC)cc(C(C)(C)C)c3)[C@H]2O)cc(F)c1N)C(F)(F)F. The summed E-state index contributed by atoms with van der Waals surface area (Å²) in [6.07, 6.45) is -7.98. The smallest absolute Gasteiger partial charge is 0.427 e. The minimum Gasteiger partial charge on any atom is -0.497 e. The van der Waals surface area contributed by atoms with Crippen LogP contribution in [-0.4, -0.2) is 66.1 Å². The van der Waals surface area contributed by atoms with Gasteiger partial charge < -0.3 is 30.4 Å². The van der Waals surface area contributed by atoms with Gasteiger partial charge in [0.1, 0.15) is 23.0 Å². The molecule has 12 heteroatoms. The lowest BCUT2D eigenvalue weighted by Gasteiger charge is -2.35. The number of nitrogens with one attached hydrogen (secondary N) is 1. The lowest BCUT2D eigenvalue weighted by molar-refractivity contribution is -0.206. The van der Waals surface area contributed by atoms with Crippen molar-refractivity contribution in [1.82, 2.24) is 5.32 Å². The minimum atomic E-state index is -4.76. The zero-order valence-electron chi connectivity index (χ0n) is 23.3. The number of nitrogen functional groups attached to an aromatic ring is 1. The standard InChI is InChI=1S/C28H38F4N2O5S/c1-27(2,3)19-7-17(8-20(11-19)38-5)12-34-22-15-40(36)14-18(26(22)35)6-16-9-21(29)25(33)23(10-16)39-24(13-37-4)28(30,31)32/h7-11,18,22,24,26,34-35H,6,12-15,33H2,1-5H3/t18-,22+,24-,26+,40?/m1/s1. The van der Waals surface area contributed by atoms with E-state index in [2.05, 4.69) is 36.9 Å². The van der Waals surface area contributed by atoms with Gasteiger partial charge in [0.15, 0.2) is 0 Å². The van der Waals surface area contributed by atoms with Gasteiger partial charge in [-0.15, -0.1) is 0 Å². The maximum absolute atomic E-state index is 14.6. The molecule has 1 unspecified atom stereocenters. The van der Waals surface area contributed by atoms with Crippen LogP contribution >= 0.6 is 0 Å². The Morgan fingerprint density at radius 2 is 1.80 bits per heavy atom. The zero-order valence-corrected chi connectivity index (χ0v) is 24.1. The first-order chi connectivity index (χ1) is 18.6. The summed E-state index contributed by atoms with van der Waals surface area (Å²) in [7, 11) is 1.41. The highest BCUT2D eigenvalue weighted by atomic mass is 32.2. The fourth-order valence-electron chi connectivity index (χ4n) is 4.62. The fraction of sp³-hybridized carbons (Fsp3) is 0.571. The largest absolute Gasteiger partial charge is 0.497 e. The molecule has 2 aromatic rings. The number of anilines is 1. The number of nitrogens with two attached hydrogens (primary N) is 1. The predicted octanol–water partition coefficient (Wildman–Crippen LogP) is 4.11. The summed E-state index contributed by atoms with van der Waals surface area (Å²) in [6.45, 7) is 5.87. The quantitative estimate of drug-likeness (QED) is 0.283. The number of rotatable bonds is 10. The van der Waals surface area contributed by atoms with Crippen molar-refractivity contribution in [2.75, 3.05) is 38.1 Å². The molecule has 5 atom stereocenters. The molecule has 1 fully saturated rings. The Hall–Kier alpha value is -2.41. The van der Waals surface area contributed by atoms with E-state index in [0.717, 1.165) is 24.3 Å². The third-order valence-electron chi connectivity index (χ3n) is 6.90. The molecule has 0 amide bonds. The summed E-state index contributed by atoms with van der Waals surface area (Å²) in [5.41, 5.74) is 7.28. The second-order valence-electron chi connectivity index (χ2n) is 11.1. The molecule has 1 aliphatic rings. The monoisotopic (exact) mass is 590 g/mol. The summed E-state index contributed by atoms with van der Waals surface area (Å²) >= 11 is 0. The first-order valence-corrected chi connectivity index (χ1v) is 14.4. The average molecular weight is 591 g/mol. The number of ether oxygens (including phenoxy) is 3. The Kier molecular flexibility index (Phi) is 10.5. The minimum absolute atomic E-state index is 0.0624. The van der Waals surface area contributed by atoms with E-state index in [9.17, 15) is 26.9 Å². The first-order valence-electron chi connectivity index (χ1n) is 12.9. The van der Waals surface area contributed by atoms with Crippen LogP contribution in [0.3, 0.4) is 0 Å². The zero-order chi connectivity index (χ0) is 29.8. The Morgan fingerprint density at radius 1 is 1.10 bits per heavy atom. The fourth-order valence-corrected chi connectivity index (χ4v) is 6.26. The second kappa shape index (κ2) is 13.1. The molecule has 0 radical (unpaired) electrons. The molecule has 224 valence electrons. The van der Waals surface area contributed by atoms with Crippen molar-refractivity contribution in [3.63, 3.8) is 0 Å². The van der Waals surface area contributed by atoms with E-state index >= 15 is 0 Å². The molecule has 3 rings (SSSR count). The Bertz CT molecular complexity index is 1190. The Morgan fingerprint density at radius 3 is 2.40 bits per heavy atom. The van der Waals surface area contributed by atoms with Crippen molar-refractivity contribution in [3.8, 4) is 11.5 Å². The van der Waals surface area contributed by atoms with Gasteiger partial charge >= 0.3 is 6.18 Å². The van der Waals surface area contributed by atoms with E-state index in [0.29, 0.717) is 12.3 Å². The van der Waals surface area contributed by atoms with Crippen molar-refractivity contribution < 1.29 is 41.1 Å². The van der Waals surface area contributed by atoms with Gasteiger partial charge in [-0.1, -0.05) is 26.8 Å². The van der Waals surface area contributed by atoms with E-state index in [1.165, 1.54) is 6.07 Å². The van der Waals surface area contributed by atoms with Crippen LogP contribution in [0.5, 0.6) is 11.5 Å². The van der Waals surface area contributed by atoms with Crippen molar-refractivity contribution in [2.24, 2.45) is 5.92 Å². The van der Waals surface area contributed by atoms with Gasteiger partial charge in [-0.2, -0.15) is 13.2 Å². The van der Waals surface area contributed by atoms with Crippen LogP contribution < -0.4 is 20.5 Å². The van der Waals surface area contributed by atoms with E-state index in [1.54, 1.807) is 7.11 Å². The molecule has 0 spiro atoms. The van der Waals surface area contributed by atoms with Crippen molar-refractivity contribution in [3.05, 3.63) is 52.8 Å². The van der Waals surface area contributed by atoms with Crippen LogP contribution in [0.2, 0.25) is 0 Å². The third-order valence-corrected chi connectivity index (χ3v) is 8.43. The normalized spacial score (nSPS) is 22.6. The molecule has 1 heterocycles. The molecule has 1 aliphatic heterocycles. The van der Waals surface area contributed by atoms with Crippen LogP contribution in [0.15, 0.2) is 30.3 Å². The van der Waals surface area contributed by atoms with Gasteiger partial charge in [-0.3, -0.25) is 4.21 Å². The highest BCUT2D eigenvalue weighted by molar-refractivity contribution is 7.85. The second-order valence-corrected chi connectivity index (χ2v) is 12.7. The summed E-state index contributed by atoms with van der Waals surface area (Å²) < 4.78 is 82.4. The Labute approximate surface area is 234 Å². The van der Waals surface area contributed by atoms with Gasteiger partial charge in [-0.05, 0) is 52.8 Å². The third kappa shape index (κ3) is 8.31. The molecular formula is C28H38F4N2O5S. The molecular weight excluding hydrogens is 552 g/mol. The molecule has 7 nitrogen and oxygen atoms in total. The molecule has 0 aliphatic carbocycles. The van der Waals surface area contributed by atoms with Crippen LogP contribution in [0.1, 0.15) is 37.5 Å². The van der Waals surface area contributed by atoms with Crippen molar-refractivity contribution in [1.29, 1.82) is 0 Å². The summed E-state index contributed by atoms with van der Waals surface area (Å²) in [5.74, 6) is -0.873. The Balaban J connectivity index is 1.77. The van der Waals surface area contributed by atoms with Crippen LogP contribution in [0, 0.1) is 11.7 Å². The van der Waals surface area contributed by atoms with E-state index in [1.807, 2.05) is 12.1 Å². The van der Waals surface area contributed by atoms with Gasteiger partial charge in [0.25, 0.3) is 0 Å². The van der Waals surface area contributed by atoms with Gasteiger partial charge in [0.2, 0.25) is 6.10 Å². The van der Waals surface area contributed by atoms with Crippen molar-refractivity contribution >= 4 is 16.5 Å². The highest BCUT2D eigenvalue weighted by Crippen LogP contribution is 2.34. The summed E-state index contributed by atoms with van der Waals surface area (Å²) in [5, 5.41) is 14.4. The molecule has 0 bridgehead atoms. The number of aliphatic hydroxyl groups is 1. The highest BCUT2D eigenvalue weighted by Gasteiger charge is 2.42. The predicted molar refractivity (Wildman–Crippen MR) is 147 cm³/mol. The number of alkyl halides is 3. The number of methoxy groups -OCH3 is 2. The van der Waals surface area contributed by atoms with Gasteiger partial charge in [0.05, 0.1) is 19.8 Å². The number of aliphatic hydroxyl groups excluding tert-OH is 1. The van der Waals surface area contributed by atoms with Gasteiger partial charge in [-0.25, -0.2) is 4.39 Å². The first kappa shape index (κ1) is 32.1. The van der Waals surface area contributed by atoms with Crippen LogP contribution in [-0.2, 0) is 33.9 Å². The van der Waals surface area contributed by atoms with E-state index in [4.69, 9.17) is 15.2 Å². The number of hydrogen-bond donors (Lipinski definition) is 3. The maximum atomic E-state index is 14.6. The van der Waals surface area contributed by atoms with E-state index in [-0.39, 0.29) is 28.9 Å². The van der Waals surface area contributed by atoms with Crippen LogP contribution in [0.4, 0.5) is 23.2 Å². The molecule has 0 aromatic heterocycles. The molecule has 40 heavy (non-hydrogen) atoms. The van der Waals surface area contributed by atoms with Crippen molar-refractivity contribution in [2.45, 2.75) is 63.6 Å². The lowest BCUT2D eigenvalue weighted by Crippen LogP contribution is -2.53. The van der Waals surface area contributed by atoms with Crippen LogP contribution in [0.25, 0.3) is 0 Å². The maximum Gasteiger partial charge on any atom is 0.427 e.